The van der Waals surface area contributed by atoms with E-state index in [0.717, 1.165) is 0 Å². The molecule has 21 heavy (non-hydrogen) atoms. The van der Waals surface area contributed by atoms with Gasteiger partial charge in [-0.15, -0.1) is 0 Å². The van der Waals surface area contributed by atoms with Crippen LogP contribution in [0.3, 0.4) is 0 Å². The molecule has 0 atom stereocenters. The van der Waals surface area contributed by atoms with Gasteiger partial charge in [-0.05, 0) is 30.7 Å². The smallest absolute Gasteiger partial charge is 0.306 e. The van der Waals surface area contributed by atoms with Crippen LogP contribution in [0.25, 0.3) is 0 Å². The molecule has 0 amide bonds. The Kier molecular flexibility index (Phi) is 7.13. The lowest BCUT2D eigenvalue weighted by molar-refractivity contribution is -0.137. The van der Waals surface area contributed by atoms with Crippen molar-refractivity contribution < 1.29 is 27.8 Å². The molecule has 1 rings (SSSR count). The van der Waals surface area contributed by atoms with Crippen LogP contribution in [0.15, 0.2) is 29.2 Å². The Hall–Kier alpha value is -1.64. The fourth-order valence-corrected chi connectivity index (χ4v) is 2.55. The molecule has 7 nitrogen and oxygen atoms in total. The van der Waals surface area contributed by atoms with Crippen molar-refractivity contribution in [3.8, 4) is 5.75 Å². The maximum Gasteiger partial charge on any atom is 0.306 e. The van der Waals surface area contributed by atoms with E-state index in [1.807, 2.05) is 0 Å². The van der Waals surface area contributed by atoms with E-state index in [4.69, 9.17) is 14.6 Å². The summed E-state index contributed by atoms with van der Waals surface area (Å²) >= 11 is 0. The minimum atomic E-state index is -3.55. The first-order valence-electron chi connectivity index (χ1n) is 6.39. The highest BCUT2D eigenvalue weighted by Gasteiger charge is 2.13. The van der Waals surface area contributed by atoms with E-state index >= 15 is 0 Å². The molecule has 0 saturated carbocycles. The molecule has 0 aliphatic rings. The van der Waals surface area contributed by atoms with Gasteiger partial charge in [0.25, 0.3) is 0 Å². The number of nitrogens with one attached hydrogen (secondary N) is 1. The maximum absolute atomic E-state index is 11.9. The van der Waals surface area contributed by atoms with Gasteiger partial charge in [0.05, 0.1) is 17.9 Å². The minimum absolute atomic E-state index is 0.0384. The van der Waals surface area contributed by atoms with Crippen molar-refractivity contribution in [2.24, 2.45) is 0 Å². The predicted octanol–water partition coefficient (Wildman–Crippen LogP) is 0.855. The van der Waals surface area contributed by atoms with Crippen LogP contribution in [0.2, 0.25) is 0 Å². The summed E-state index contributed by atoms with van der Waals surface area (Å²) in [6.45, 7) is 0.822. The van der Waals surface area contributed by atoms with Gasteiger partial charge in [0.2, 0.25) is 10.0 Å². The van der Waals surface area contributed by atoms with Gasteiger partial charge >= 0.3 is 5.97 Å². The van der Waals surface area contributed by atoms with Crippen LogP contribution >= 0.6 is 0 Å². The first-order valence-corrected chi connectivity index (χ1v) is 7.87. The van der Waals surface area contributed by atoms with Crippen LogP contribution in [0.4, 0.5) is 0 Å². The van der Waals surface area contributed by atoms with Gasteiger partial charge in [0, 0.05) is 20.3 Å². The van der Waals surface area contributed by atoms with Crippen molar-refractivity contribution in [3.05, 3.63) is 24.3 Å². The molecule has 0 saturated heterocycles. The molecule has 1 aromatic carbocycles. The number of hydrogen-bond donors (Lipinski definition) is 2. The zero-order chi connectivity index (χ0) is 15.7. The predicted molar refractivity (Wildman–Crippen MR) is 75.9 cm³/mol. The van der Waals surface area contributed by atoms with Gasteiger partial charge in [-0.25, -0.2) is 13.1 Å². The lowest BCUT2D eigenvalue weighted by Gasteiger charge is -2.08. The van der Waals surface area contributed by atoms with Crippen molar-refractivity contribution in [2.45, 2.75) is 17.7 Å². The lowest BCUT2D eigenvalue weighted by Crippen LogP contribution is -2.25. The second kappa shape index (κ2) is 8.60. The summed E-state index contributed by atoms with van der Waals surface area (Å²) in [5.41, 5.74) is 0. The third-order valence-electron chi connectivity index (χ3n) is 2.54. The molecule has 0 heterocycles. The van der Waals surface area contributed by atoms with Gasteiger partial charge < -0.3 is 14.6 Å². The second-order valence-electron chi connectivity index (χ2n) is 4.21. The van der Waals surface area contributed by atoms with Gasteiger partial charge in [0.1, 0.15) is 5.75 Å². The van der Waals surface area contributed by atoms with Gasteiger partial charge in [-0.3, -0.25) is 4.79 Å². The Morgan fingerprint density at radius 1 is 1.24 bits per heavy atom. The molecule has 0 aliphatic heterocycles. The Labute approximate surface area is 123 Å². The molecule has 0 radical (unpaired) electrons. The third-order valence-corrected chi connectivity index (χ3v) is 4.01. The topological polar surface area (TPSA) is 102 Å². The van der Waals surface area contributed by atoms with Crippen molar-refractivity contribution in [3.63, 3.8) is 0 Å². The summed E-state index contributed by atoms with van der Waals surface area (Å²) < 4.78 is 36.4. The fraction of sp³-hybridized carbons (Fsp3) is 0.462. The standard InChI is InChI=1S/C13H19NO6S/c1-19-9-2-8-14-21(17,18)12-5-3-11(4-6-12)20-10-7-13(15)16/h3-6,14H,2,7-10H2,1H3,(H,15,16). The average Bonchev–Trinajstić information content (AvgIpc) is 2.44. The van der Waals surface area contributed by atoms with Crippen molar-refractivity contribution in [2.75, 3.05) is 26.9 Å². The third kappa shape index (κ3) is 6.56. The van der Waals surface area contributed by atoms with Crippen LogP contribution in [0, 0.1) is 0 Å². The summed E-state index contributed by atoms with van der Waals surface area (Å²) in [5.74, 6) is -0.524. The molecule has 0 fully saturated rings. The highest BCUT2D eigenvalue weighted by Crippen LogP contribution is 2.16. The van der Waals surface area contributed by atoms with E-state index < -0.39 is 16.0 Å². The van der Waals surface area contributed by atoms with E-state index in [0.29, 0.717) is 25.3 Å². The normalized spacial score (nSPS) is 11.3. The molecule has 1 aromatic rings. The molecule has 8 heteroatoms. The number of aliphatic carboxylic acids is 1. The number of sulfonamides is 1. The van der Waals surface area contributed by atoms with E-state index in [9.17, 15) is 13.2 Å². The highest BCUT2D eigenvalue weighted by atomic mass is 32.2. The number of benzene rings is 1. The summed E-state index contributed by atoms with van der Waals surface area (Å²) in [4.78, 5) is 10.5. The molecule has 0 aromatic heterocycles. The summed E-state index contributed by atoms with van der Waals surface area (Å²) in [5, 5.41) is 8.49. The van der Waals surface area contributed by atoms with Crippen LogP contribution in [0.5, 0.6) is 5.75 Å². The molecule has 0 unspecified atom stereocenters. The van der Waals surface area contributed by atoms with Crippen LogP contribution in [-0.2, 0) is 19.6 Å². The number of methoxy groups -OCH3 is 1. The number of hydrogen-bond acceptors (Lipinski definition) is 5. The second-order valence-corrected chi connectivity index (χ2v) is 5.97. The largest absolute Gasteiger partial charge is 0.493 e. The van der Waals surface area contributed by atoms with Crippen LogP contribution in [0.1, 0.15) is 12.8 Å². The summed E-state index contributed by atoms with van der Waals surface area (Å²) in [7, 11) is -1.99. The molecular formula is C13H19NO6S. The minimum Gasteiger partial charge on any atom is -0.493 e. The fourth-order valence-electron chi connectivity index (χ4n) is 1.48. The Morgan fingerprint density at radius 3 is 2.48 bits per heavy atom. The van der Waals surface area contributed by atoms with Crippen molar-refractivity contribution in [1.29, 1.82) is 0 Å². The molecular weight excluding hydrogens is 298 g/mol. The molecule has 2 N–H and O–H groups in total. The number of carboxylic acids is 1. The molecule has 0 spiro atoms. The molecule has 0 aliphatic carbocycles. The Balaban J connectivity index is 2.53. The van der Waals surface area contributed by atoms with Gasteiger partial charge in [-0.1, -0.05) is 0 Å². The van der Waals surface area contributed by atoms with Gasteiger partial charge in [-0.2, -0.15) is 0 Å². The molecule has 118 valence electrons. The SMILES string of the molecule is COCCCNS(=O)(=O)c1ccc(OCCC(=O)O)cc1. The number of carbonyl (C=O) groups is 1. The van der Waals surface area contributed by atoms with Crippen LogP contribution in [-0.4, -0.2) is 46.4 Å². The average molecular weight is 317 g/mol. The summed E-state index contributed by atoms with van der Waals surface area (Å²) in [6, 6.07) is 5.81. The van der Waals surface area contributed by atoms with E-state index in [1.165, 1.54) is 24.3 Å². The first-order chi connectivity index (χ1) is 9.95. The summed E-state index contributed by atoms with van der Waals surface area (Å²) in [6.07, 6.45) is 0.479. The highest BCUT2D eigenvalue weighted by molar-refractivity contribution is 7.89. The van der Waals surface area contributed by atoms with Crippen LogP contribution < -0.4 is 9.46 Å². The lowest BCUT2D eigenvalue weighted by atomic mass is 10.3. The number of rotatable bonds is 10. The zero-order valence-corrected chi connectivity index (χ0v) is 12.6. The Bertz CT molecular complexity index is 540. The monoisotopic (exact) mass is 317 g/mol. The van der Waals surface area contributed by atoms with E-state index in [2.05, 4.69) is 4.72 Å². The Morgan fingerprint density at radius 2 is 1.90 bits per heavy atom. The molecule has 0 bridgehead atoms. The first kappa shape index (κ1) is 17.4. The van der Waals surface area contributed by atoms with E-state index in [1.54, 1.807) is 7.11 Å². The van der Waals surface area contributed by atoms with Gasteiger partial charge in [0.15, 0.2) is 0 Å². The maximum atomic E-state index is 11.9. The number of carboxylic acid groups (broad SMARTS) is 1. The van der Waals surface area contributed by atoms with Crippen molar-refractivity contribution >= 4 is 16.0 Å². The zero-order valence-electron chi connectivity index (χ0n) is 11.7. The number of ether oxygens (including phenoxy) is 2. The van der Waals surface area contributed by atoms with Crippen molar-refractivity contribution in [1.82, 2.24) is 4.72 Å². The quantitative estimate of drug-likeness (QED) is 0.620. The van der Waals surface area contributed by atoms with E-state index in [-0.39, 0.29) is 17.9 Å².